The second-order valence-corrected chi connectivity index (χ2v) is 5.35. The van der Waals surface area contributed by atoms with E-state index in [1.165, 1.54) is 21.5 Å². The highest BCUT2D eigenvalue weighted by atomic mass is 16.6. The summed E-state index contributed by atoms with van der Waals surface area (Å²) in [6.45, 7) is -0.00427. The standard InChI is InChI=1S/C18H15NO2/c20-11-14-10-17(19-21-14)18-15-7-3-1-5-12(15)9-13-6-2-4-8-16(13)18/h1-9,14,20H,10-11H2. The molecule has 0 bridgehead atoms. The Kier molecular flexibility index (Phi) is 2.86. The molecule has 0 saturated heterocycles. The molecule has 0 aliphatic carbocycles. The van der Waals surface area contributed by atoms with Crippen LogP contribution in [0.15, 0.2) is 59.8 Å². The van der Waals surface area contributed by atoms with Crippen LogP contribution in [-0.2, 0) is 4.84 Å². The van der Waals surface area contributed by atoms with Crippen LogP contribution in [0.1, 0.15) is 12.0 Å². The average molecular weight is 277 g/mol. The van der Waals surface area contributed by atoms with Gasteiger partial charge in [0.25, 0.3) is 0 Å². The molecule has 1 heterocycles. The summed E-state index contributed by atoms with van der Waals surface area (Å²) in [6.07, 6.45) is 0.423. The molecule has 0 radical (unpaired) electrons. The van der Waals surface area contributed by atoms with Gasteiger partial charge in [-0.1, -0.05) is 53.7 Å². The number of rotatable bonds is 2. The van der Waals surface area contributed by atoms with Gasteiger partial charge in [-0.05, 0) is 27.6 Å². The topological polar surface area (TPSA) is 41.8 Å². The van der Waals surface area contributed by atoms with E-state index in [9.17, 15) is 5.11 Å². The Balaban J connectivity index is 2.03. The molecule has 1 aliphatic rings. The zero-order valence-corrected chi connectivity index (χ0v) is 11.5. The molecular formula is C18H15NO2. The molecule has 3 aromatic rings. The SMILES string of the molecule is OCC1CC(c2c3ccccc3cc3ccccc23)=NO1. The lowest BCUT2D eigenvalue weighted by Crippen LogP contribution is -2.13. The minimum Gasteiger partial charge on any atom is -0.392 e. The van der Waals surface area contributed by atoms with E-state index in [4.69, 9.17) is 4.84 Å². The molecule has 21 heavy (non-hydrogen) atoms. The summed E-state index contributed by atoms with van der Waals surface area (Å²) in [6, 6.07) is 18.8. The molecule has 3 aromatic carbocycles. The Hall–Kier alpha value is -2.39. The number of hydrogen-bond donors (Lipinski definition) is 1. The van der Waals surface area contributed by atoms with Crippen LogP contribution in [0, 0.1) is 0 Å². The minimum atomic E-state index is -0.224. The third-order valence-corrected chi connectivity index (χ3v) is 4.00. The maximum Gasteiger partial charge on any atom is 0.156 e. The first-order valence-corrected chi connectivity index (χ1v) is 7.11. The van der Waals surface area contributed by atoms with Crippen molar-refractivity contribution < 1.29 is 9.94 Å². The van der Waals surface area contributed by atoms with Crippen molar-refractivity contribution in [3.63, 3.8) is 0 Å². The Morgan fingerprint density at radius 2 is 1.62 bits per heavy atom. The van der Waals surface area contributed by atoms with Gasteiger partial charge in [-0.25, -0.2) is 0 Å². The van der Waals surface area contributed by atoms with Crippen molar-refractivity contribution in [2.75, 3.05) is 6.61 Å². The van der Waals surface area contributed by atoms with Crippen LogP contribution >= 0.6 is 0 Å². The average Bonchev–Trinajstić information content (AvgIpc) is 3.01. The number of aliphatic hydroxyl groups excluding tert-OH is 1. The Bertz CT molecular complexity index is 800. The van der Waals surface area contributed by atoms with E-state index in [-0.39, 0.29) is 12.7 Å². The molecule has 0 fully saturated rings. The molecule has 3 nitrogen and oxygen atoms in total. The normalized spacial score (nSPS) is 18.0. The number of fused-ring (bicyclic) bond motifs is 2. The fourth-order valence-corrected chi connectivity index (χ4v) is 3.00. The van der Waals surface area contributed by atoms with Crippen LogP contribution in [0.4, 0.5) is 0 Å². The fourth-order valence-electron chi connectivity index (χ4n) is 3.00. The maximum atomic E-state index is 9.26. The maximum absolute atomic E-state index is 9.26. The first-order chi connectivity index (χ1) is 10.4. The largest absolute Gasteiger partial charge is 0.392 e. The van der Waals surface area contributed by atoms with E-state index in [0.29, 0.717) is 6.42 Å². The predicted octanol–water partition coefficient (Wildman–Crippen LogP) is 3.48. The van der Waals surface area contributed by atoms with Crippen molar-refractivity contribution in [3.8, 4) is 0 Å². The number of benzene rings is 3. The second kappa shape index (κ2) is 4.86. The smallest absolute Gasteiger partial charge is 0.156 e. The third kappa shape index (κ3) is 1.98. The number of aliphatic hydroxyl groups is 1. The molecule has 104 valence electrons. The van der Waals surface area contributed by atoms with Gasteiger partial charge < -0.3 is 9.94 Å². The van der Waals surface area contributed by atoms with E-state index in [0.717, 1.165) is 11.3 Å². The first kappa shape index (κ1) is 12.4. The van der Waals surface area contributed by atoms with Crippen LogP contribution in [0.25, 0.3) is 21.5 Å². The lowest BCUT2D eigenvalue weighted by Gasteiger charge is -2.10. The van der Waals surface area contributed by atoms with E-state index >= 15 is 0 Å². The van der Waals surface area contributed by atoms with Gasteiger partial charge in [0.15, 0.2) is 6.10 Å². The summed E-state index contributed by atoms with van der Waals surface area (Å²) < 4.78 is 0. The summed E-state index contributed by atoms with van der Waals surface area (Å²) in [5.41, 5.74) is 2.04. The first-order valence-electron chi connectivity index (χ1n) is 7.11. The van der Waals surface area contributed by atoms with E-state index in [1.54, 1.807) is 0 Å². The van der Waals surface area contributed by atoms with E-state index < -0.39 is 0 Å². The predicted molar refractivity (Wildman–Crippen MR) is 84.6 cm³/mol. The lowest BCUT2D eigenvalue weighted by molar-refractivity contribution is 0.0390. The molecule has 1 aliphatic heterocycles. The zero-order chi connectivity index (χ0) is 14.2. The van der Waals surface area contributed by atoms with Gasteiger partial charge in [0.05, 0.1) is 12.3 Å². The number of hydrogen-bond acceptors (Lipinski definition) is 3. The summed E-state index contributed by atoms with van der Waals surface area (Å²) in [7, 11) is 0. The van der Waals surface area contributed by atoms with Crippen molar-refractivity contribution in [2.45, 2.75) is 12.5 Å². The van der Waals surface area contributed by atoms with Gasteiger partial charge in [0.2, 0.25) is 0 Å². The van der Waals surface area contributed by atoms with Crippen LogP contribution in [0.5, 0.6) is 0 Å². The minimum absolute atomic E-state index is 0.00427. The molecule has 0 saturated carbocycles. The highest BCUT2D eigenvalue weighted by molar-refractivity contribution is 6.21. The highest BCUT2D eigenvalue weighted by Crippen LogP contribution is 2.31. The summed E-state index contributed by atoms with van der Waals surface area (Å²) in [5.74, 6) is 0. The van der Waals surface area contributed by atoms with Gasteiger partial charge >= 0.3 is 0 Å². The van der Waals surface area contributed by atoms with Crippen LogP contribution in [0.3, 0.4) is 0 Å². The Labute approximate surface area is 122 Å². The highest BCUT2D eigenvalue weighted by Gasteiger charge is 2.24. The fraction of sp³-hybridized carbons (Fsp3) is 0.167. The van der Waals surface area contributed by atoms with Crippen molar-refractivity contribution in [1.82, 2.24) is 0 Å². The summed E-state index contributed by atoms with van der Waals surface area (Å²) >= 11 is 0. The molecule has 0 spiro atoms. The third-order valence-electron chi connectivity index (χ3n) is 4.00. The van der Waals surface area contributed by atoms with Crippen molar-refractivity contribution in [3.05, 3.63) is 60.2 Å². The van der Waals surface area contributed by atoms with Crippen LogP contribution in [-0.4, -0.2) is 23.5 Å². The Morgan fingerprint density at radius 3 is 2.19 bits per heavy atom. The summed E-state index contributed by atoms with van der Waals surface area (Å²) in [4.78, 5) is 5.30. The van der Waals surface area contributed by atoms with Crippen molar-refractivity contribution in [2.24, 2.45) is 5.16 Å². The molecule has 1 unspecified atom stereocenters. The monoisotopic (exact) mass is 277 g/mol. The van der Waals surface area contributed by atoms with Gasteiger partial charge in [-0.3, -0.25) is 0 Å². The van der Waals surface area contributed by atoms with Crippen molar-refractivity contribution in [1.29, 1.82) is 0 Å². The number of nitrogens with zero attached hydrogens (tertiary/aromatic N) is 1. The van der Waals surface area contributed by atoms with Gasteiger partial charge in [-0.15, -0.1) is 0 Å². The van der Waals surface area contributed by atoms with Crippen LogP contribution in [0.2, 0.25) is 0 Å². The molecular weight excluding hydrogens is 262 g/mol. The molecule has 3 heteroatoms. The van der Waals surface area contributed by atoms with E-state index in [1.807, 2.05) is 24.3 Å². The molecule has 1 atom stereocenters. The Morgan fingerprint density at radius 1 is 1.00 bits per heavy atom. The molecule has 0 amide bonds. The second-order valence-electron chi connectivity index (χ2n) is 5.35. The molecule has 0 aromatic heterocycles. The van der Waals surface area contributed by atoms with Gasteiger partial charge in [-0.2, -0.15) is 0 Å². The van der Waals surface area contributed by atoms with Gasteiger partial charge in [0.1, 0.15) is 0 Å². The number of oxime groups is 1. The quantitative estimate of drug-likeness (QED) is 0.729. The molecule has 4 rings (SSSR count). The lowest BCUT2D eigenvalue weighted by atomic mass is 9.92. The van der Waals surface area contributed by atoms with Crippen molar-refractivity contribution >= 4 is 27.3 Å². The zero-order valence-electron chi connectivity index (χ0n) is 11.5. The molecule has 1 N–H and O–H groups in total. The van der Waals surface area contributed by atoms with Crippen LogP contribution < -0.4 is 0 Å². The summed E-state index contributed by atoms with van der Waals surface area (Å²) in [5, 5.41) is 18.2. The van der Waals surface area contributed by atoms with Gasteiger partial charge in [0, 0.05) is 12.0 Å². The van der Waals surface area contributed by atoms with E-state index in [2.05, 4.69) is 35.5 Å².